The highest BCUT2D eigenvalue weighted by Crippen LogP contribution is 2.50. The van der Waals surface area contributed by atoms with Crippen molar-refractivity contribution in [2.75, 3.05) is 4.90 Å². The first kappa shape index (κ1) is 14.8. The summed E-state index contributed by atoms with van der Waals surface area (Å²) in [6, 6.07) is 35.4. The van der Waals surface area contributed by atoms with Crippen LogP contribution in [-0.4, -0.2) is 0 Å². The zero-order chi connectivity index (χ0) is 17.3. The fourth-order valence-electron chi connectivity index (χ4n) is 3.42. The van der Waals surface area contributed by atoms with Gasteiger partial charge in [-0.15, -0.1) is 0 Å². The molecule has 0 radical (unpaired) electrons. The Morgan fingerprint density at radius 3 is 1.58 bits per heavy atom. The van der Waals surface area contributed by atoms with E-state index in [1.165, 1.54) is 11.1 Å². The molecule has 5 rings (SSSR count). The van der Waals surface area contributed by atoms with E-state index in [1.807, 2.05) is 42.5 Å². The summed E-state index contributed by atoms with van der Waals surface area (Å²) in [7, 11) is 0. The van der Waals surface area contributed by atoms with Crippen LogP contribution in [0, 0.1) is 0 Å². The Labute approximate surface area is 152 Å². The summed E-state index contributed by atoms with van der Waals surface area (Å²) in [5.41, 5.74) is 5.66. The fourth-order valence-corrected chi connectivity index (χ4v) is 3.42. The van der Waals surface area contributed by atoms with Crippen molar-refractivity contribution in [2.24, 2.45) is 0 Å². The van der Waals surface area contributed by atoms with Crippen molar-refractivity contribution < 1.29 is 4.74 Å². The van der Waals surface area contributed by atoms with Crippen LogP contribution in [0.1, 0.15) is 0 Å². The molecule has 0 saturated carbocycles. The molecule has 4 aromatic carbocycles. The summed E-state index contributed by atoms with van der Waals surface area (Å²) in [6.45, 7) is 0. The van der Waals surface area contributed by atoms with E-state index in [0.29, 0.717) is 0 Å². The van der Waals surface area contributed by atoms with Gasteiger partial charge in [0.2, 0.25) is 0 Å². The van der Waals surface area contributed by atoms with E-state index in [2.05, 4.69) is 65.6 Å². The number of benzene rings is 4. The molecule has 0 N–H and O–H groups in total. The second kappa shape index (κ2) is 6.08. The lowest BCUT2D eigenvalue weighted by atomic mass is 10.0. The van der Waals surface area contributed by atoms with Crippen LogP contribution in [0.25, 0.3) is 11.1 Å². The van der Waals surface area contributed by atoms with Crippen LogP contribution in [0.4, 0.5) is 17.1 Å². The highest BCUT2D eigenvalue weighted by atomic mass is 16.5. The van der Waals surface area contributed by atoms with Crippen LogP contribution in [0.2, 0.25) is 0 Å². The normalized spacial score (nSPS) is 12.1. The minimum atomic E-state index is 0.873. The topological polar surface area (TPSA) is 12.5 Å². The van der Waals surface area contributed by atoms with Crippen molar-refractivity contribution in [3.8, 4) is 22.6 Å². The van der Waals surface area contributed by atoms with Gasteiger partial charge in [0.1, 0.15) is 0 Å². The third-order valence-electron chi connectivity index (χ3n) is 4.66. The van der Waals surface area contributed by atoms with Crippen LogP contribution >= 0.6 is 0 Å². The number of anilines is 3. The standard InChI is InChI=1S/C24H17NO/c1-2-8-18(9-3-1)19-14-16-20(17-15-19)25-21-10-4-6-12-23(21)26-24-13-7-5-11-22(24)25/h1-17H. The molecule has 124 valence electrons. The second-order valence-electron chi connectivity index (χ2n) is 6.29. The molecule has 1 aliphatic heterocycles. The molecule has 0 aromatic heterocycles. The fraction of sp³-hybridized carbons (Fsp3) is 0. The molecule has 1 aliphatic rings. The number of hydrogen-bond donors (Lipinski definition) is 0. The minimum Gasteiger partial charge on any atom is -0.453 e. The molecule has 2 heteroatoms. The van der Waals surface area contributed by atoms with E-state index >= 15 is 0 Å². The number of ether oxygens (including phenoxy) is 1. The summed E-state index contributed by atoms with van der Waals surface area (Å²) in [6.07, 6.45) is 0. The number of para-hydroxylation sites is 4. The molecule has 1 heterocycles. The lowest BCUT2D eigenvalue weighted by Gasteiger charge is -2.32. The van der Waals surface area contributed by atoms with E-state index in [4.69, 9.17) is 4.74 Å². The molecule has 0 amide bonds. The van der Waals surface area contributed by atoms with Crippen LogP contribution in [0.3, 0.4) is 0 Å². The number of nitrogens with zero attached hydrogens (tertiary/aromatic N) is 1. The molecule has 0 spiro atoms. The lowest BCUT2D eigenvalue weighted by Crippen LogP contribution is -2.15. The van der Waals surface area contributed by atoms with Crippen molar-refractivity contribution >= 4 is 17.1 Å². The van der Waals surface area contributed by atoms with E-state index in [9.17, 15) is 0 Å². The molecule has 0 atom stereocenters. The van der Waals surface area contributed by atoms with Crippen molar-refractivity contribution in [3.05, 3.63) is 103 Å². The van der Waals surface area contributed by atoms with Crippen molar-refractivity contribution in [1.82, 2.24) is 0 Å². The highest BCUT2D eigenvalue weighted by Gasteiger charge is 2.24. The Bertz CT molecular complexity index is 1010. The van der Waals surface area contributed by atoms with Gasteiger partial charge in [-0.05, 0) is 47.5 Å². The largest absolute Gasteiger partial charge is 0.453 e. The molecular weight excluding hydrogens is 318 g/mol. The predicted octanol–water partition coefficient (Wildman–Crippen LogP) is 6.93. The average molecular weight is 335 g/mol. The molecular formula is C24H17NO. The maximum Gasteiger partial charge on any atom is 0.151 e. The van der Waals surface area contributed by atoms with E-state index in [-0.39, 0.29) is 0 Å². The number of rotatable bonds is 2. The van der Waals surface area contributed by atoms with Crippen LogP contribution < -0.4 is 9.64 Å². The van der Waals surface area contributed by atoms with Crippen LogP contribution in [0.15, 0.2) is 103 Å². The summed E-state index contributed by atoms with van der Waals surface area (Å²) in [4.78, 5) is 2.25. The van der Waals surface area contributed by atoms with E-state index in [1.54, 1.807) is 0 Å². The molecule has 0 unspecified atom stereocenters. The summed E-state index contributed by atoms with van der Waals surface area (Å²) >= 11 is 0. The van der Waals surface area contributed by atoms with Crippen molar-refractivity contribution in [1.29, 1.82) is 0 Å². The maximum absolute atomic E-state index is 6.08. The third-order valence-corrected chi connectivity index (χ3v) is 4.66. The highest BCUT2D eigenvalue weighted by molar-refractivity contribution is 5.86. The first-order valence-electron chi connectivity index (χ1n) is 8.72. The van der Waals surface area contributed by atoms with Crippen molar-refractivity contribution in [3.63, 3.8) is 0 Å². The van der Waals surface area contributed by atoms with Crippen LogP contribution in [0.5, 0.6) is 11.5 Å². The Morgan fingerprint density at radius 2 is 0.962 bits per heavy atom. The first-order valence-corrected chi connectivity index (χ1v) is 8.72. The summed E-state index contributed by atoms with van der Waals surface area (Å²) in [5.74, 6) is 1.75. The van der Waals surface area contributed by atoms with E-state index < -0.39 is 0 Å². The molecule has 0 bridgehead atoms. The molecule has 0 aliphatic carbocycles. The lowest BCUT2D eigenvalue weighted by molar-refractivity contribution is 0.477. The van der Waals surface area contributed by atoms with Gasteiger partial charge in [-0.2, -0.15) is 0 Å². The van der Waals surface area contributed by atoms with Gasteiger partial charge in [0, 0.05) is 5.69 Å². The zero-order valence-electron chi connectivity index (χ0n) is 14.2. The van der Waals surface area contributed by atoms with Gasteiger partial charge in [-0.1, -0.05) is 66.7 Å². The Hall–Kier alpha value is -3.52. The van der Waals surface area contributed by atoms with Gasteiger partial charge in [0.25, 0.3) is 0 Å². The maximum atomic E-state index is 6.08. The summed E-state index contributed by atoms with van der Waals surface area (Å²) < 4.78 is 6.08. The van der Waals surface area contributed by atoms with Gasteiger partial charge in [-0.25, -0.2) is 0 Å². The van der Waals surface area contributed by atoms with Gasteiger partial charge >= 0.3 is 0 Å². The molecule has 0 saturated heterocycles. The quantitative estimate of drug-likeness (QED) is 0.347. The molecule has 4 aromatic rings. The third kappa shape index (κ3) is 2.44. The first-order chi connectivity index (χ1) is 12.9. The number of fused-ring (bicyclic) bond motifs is 2. The van der Waals surface area contributed by atoms with Gasteiger partial charge in [-0.3, -0.25) is 0 Å². The van der Waals surface area contributed by atoms with Gasteiger partial charge in [0.15, 0.2) is 11.5 Å². The Morgan fingerprint density at radius 1 is 0.462 bits per heavy atom. The zero-order valence-corrected chi connectivity index (χ0v) is 14.2. The Balaban J connectivity index is 1.62. The molecule has 26 heavy (non-hydrogen) atoms. The SMILES string of the molecule is c1ccc(-c2ccc(N3c4ccccc4Oc4ccccc43)cc2)cc1. The van der Waals surface area contributed by atoms with Crippen molar-refractivity contribution in [2.45, 2.75) is 0 Å². The van der Waals surface area contributed by atoms with Crippen LogP contribution in [-0.2, 0) is 0 Å². The molecule has 0 fully saturated rings. The Kier molecular flexibility index (Phi) is 3.46. The predicted molar refractivity (Wildman–Crippen MR) is 107 cm³/mol. The van der Waals surface area contributed by atoms with E-state index in [0.717, 1.165) is 28.6 Å². The monoisotopic (exact) mass is 335 g/mol. The van der Waals surface area contributed by atoms with Gasteiger partial charge < -0.3 is 9.64 Å². The van der Waals surface area contributed by atoms with Gasteiger partial charge in [0.05, 0.1) is 11.4 Å². The smallest absolute Gasteiger partial charge is 0.151 e. The second-order valence-corrected chi connectivity index (χ2v) is 6.29. The average Bonchev–Trinajstić information content (AvgIpc) is 2.73. The summed E-state index contributed by atoms with van der Waals surface area (Å²) in [5, 5.41) is 0. The molecule has 2 nitrogen and oxygen atoms in total. The minimum absolute atomic E-state index is 0.873. The number of hydrogen-bond acceptors (Lipinski definition) is 2.